The van der Waals surface area contributed by atoms with Crippen LogP contribution in [0.2, 0.25) is 0 Å². The summed E-state index contributed by atoms with van der Waals surface area (Å²) in [5.74, 6) is -0.0386. The average Bonchev–Trinajstić information content (AvgIpc) is 2.91. The number of ether oxygens (including phenoxy) is 1. The predicted molar refractivity (Wildman–Crippen MR) is 80.3 cm³/mol. The van der Waals surface area contributed by atoms with Crippen molar-refractivity contribution in [2.75, 3.05) is 12.4 Å². The highest BCUT2D eigenvalue weighted by atomic mass is 79.9. The number of anilines is 1. The molecule has 0 saturated heterocycles. The SMILES string of the molecule is C=O.COc1ccc(NC2(C(=O)O)CCCC2)cc1Br. The number of nitrogens with one attached hydrogen (secondary N) is 1. The van der Waals surface area contributed by atoms with Gasteiger partial charge in [0.1, 0.15) is 18.1 Å². The summed E-state index contributed by atoms with van der Waals surface area (Å²) in [5, 5.41) is 12.6. The van der Waals surface area contributed by atoms with Gasteiger partial charge in [0.05, 0.1) is 11.6 Å². The number of hydrogen-bond acceptors (Lipinski definition) is 4. The molecule has 1 fully saturated rings. The Morgan fingerprint density at radius 2 is 2.00 bits per heavy atom. The van der Waals surface area contributed by atoms with Gasteiger partial charge in [-0.1, -0.05) is 12.8 Å². The molecule has 2 N–H and O–H groups in total. The quantitative estimate of drug-likeness (QED) is 0.878. The number of carbonyl (C=O) groups excluding carboxylic acids is 1. The first-order chi connectivity index (χ1) is 9.57. The molecule has 20 heavy (non-hydrogen) atoms. The summed E-state index contributed by atoms with van der Waals surface area (Å²) < 4.78 is 5.97. The Kier molecular flexibility index (Phi) is 6.01. The summed E-state index contributed by atoms with van der Waals surface area (Å²) in [4.78, 5) is 19.4. The Morgan fingerprint density at radius 3 is 2.45 bits per heavy atom. The fourth-order valence-electron chi connectivity index (χ4n) is 2.39. The van der Waals surface area contributed by atoms with E-state index in [0.717, 1.165) is 28.8 Å². The minimum atomic E-state index is -0.811. The molecule has 1 aromatic carbocycles. The standard InChI is InChI=1S/C13H16BrNO3.CH2O/c1-18-11-5-4-9(8-10(11)14)15-13(12(16)17)6-2-3-7-13;1-2/h4-5,8,15H,2-3,6-7H2,1H3,(H,16,17);1H2. The zero-order chi connectivity index (χ0) is 15.2. The van der Waals surface area contributed by atoms with Gasteiger partial charge < -0.3 is 20.0 Å². The number of benzene rings is 1. The molecule has 0 spiro atoms. The Labute approximate surface area is 126 Å². The van der Waals surface area contributed by atoms with Gasteiger partial charge in [-0.2, -0.15) is 0 Å². The second kappa shape index (κ2) is 7.28. The van der Waals surface area contributed by atoms with Gasteiger partial charge in [0.2, 0.25) is 0 Å². The minimum absolute atomic E-state index is 0.673. The second-order valence-electron chi connectivity index (χ2n) is 4.57. The third-order valence-electron chi connectivity index (χ3n) is 3.40. The van der Waals surface area contributed by atoms with Crippen molar-refractivity contribution in [1.82, 2.24) is 0 Å². The van der Waals surface area contributed by atoms with Crippen LogP contribution in [0, 0.1) is 0 Å². The number of carboxylic acids is 1. The molecule has 6 heteroatoms. The summed E-state index contributed by atoms with van der Waals surface area (Å²) in [5.41, 5.74) is -0.0134. The minimum Gasteiger partial charge on any atom is -0.496 e. The third kappa shape index (κ3) is 3.50. The summed E-state index contributed by atoms with van der Waals surface area (Å²) in [6, 6.07) is 5.51. The first-order valence-corrected chi connectivity index (χ1v) is 7.01. The lowest BCUT2D eigenvalue weighted by Gasteiger charge is -2.26. The Hall–Kier alpha value is -1.56. The zero-order valence-corrected chi connectivity index (χ0v) is 12.9. The summed E-state index contributed by atoms with van der Waals surface area (Å²) in [6.45, 7) is 2.00. The lowest BCUT2D eigenvalue weighted by molar-refractivity contribution is -0.142. The smallest absolute Gasteiger partial charge is 0.329 e. The van der Waals surface area contributed by atoms with E-state index in [1.165, 1.54) is 0 Å². The Bertz CT molecular complexity index is 472. The molecule has 0 bridgehead atoms. The topological polar surface area (TPSA) is 75.6 Å². The maximum absolute atomic E-state index is 11.4. The molecule has 0 aromatic heterocycles. The highest BCUT2D eigenvalue weighted by Gasteiger charge is 2.41. The number of aliphatic carboxylic acids is 1. The van der Waals surface area contributed by atoms with Crippen LogP contribution in [0.25, 0.3) is 0 Å². The van der Waals surface area contributed by atoms with E-state index in [0.29, 0.717) is 12.8 Å². The molecule has 110 valence electrons. The number of hydrogen-bond donors (Lipinski definition) is 2. The van der Waals surface area contributed by atoms with Crippen LogP contribution in [0.1, 0.15) is 25.7 Å². The molecular formula is C14H18BrNO4. The lowest BCUT2D eigenvalue weighted by atomic mass is 9.97. The van der Waals surface area contributed by atoms with Crippen molar-refractivity contribution in [2.24, 2.45) is 0 Å². The fraction of sp³-hybridized carbons (Fsp3) is 0.429. The first-order valence-electron chi connectivity index (χ1n) is 6.21. The van der Waals surface area contributed by atoms with Gasteiger partial charge in [-0.15, -0.1) is 0 Å². The fourth-order valence-corrected chi connectivity index (χ4v) is 2.93. The number of methoxy groups -OCH3 is 1. The number of carboxylic acid groups (broad SMARTS) is 1. The van der Waals surface area contributed by atoms with Crippen LogP contribution in [0.4, 0.5) is 5.69 Å². The van der Waals surface area contributed by atoms with Gasteiger partial charge in [0, 0.05) is 5.69 Å². The number of rotatable bonds is 4. The molecule has 1 aromatic rings. The highest BCUT2D eigenvalue weighted by Crippen LogP contribution is 2.35. The molecule has 0 aliphatic heterocycles. The van der Waals surface area contributed by atoms with Gasteiger partial charge in [-0.05, 0) is 47.0 Å². The summed E-state index contributed by atoms with van der Waals surface area (Å²) in [7, 11) is 1.60. The monoisotopic (exact) mass is 343 g/mol. The molecule has 2 rings (SSSR count). The van der Waals surface area contributed by atoms with Gasteiger partial charge in [0.25, 0.3) is 0 Å². The van der Waals surface area contributed by atoms with Crippen LogP contribution in [-0.4, -0.2) is 30.5 Å². The van der Waals surface area contributed by atoms with Gasteiger partial charge in [-0.3, -0.25) is 0 Å². The van der Waals surface area contributed by atoms with Crippen LogP contribution in [0.15, 0.2) is 22.7 Å². The molecule has 0 radical (unpaired) electrons. The van der Waals surface area contributed by atoms with Gasteiger partial charge in [-0.25, -0.2) is 4.79 Å². The average molecular weight is 344 g/mol. The van der Waals surface area contributed by atoms with E-state index in [2.05, 4.69) is 21.2 Å². The molecule has 0 heterocycles. The molecule has 0 amide bonds. The van der Waals surface area contributed by atoms with Crippen molar-refractivity contribution in [3.63, 3.8) is 0 Å². The Balaban J connectivity index is 0.000000956. The van der Waals surface area contributed by atoms with E-state index in [4.69, 9.17) is 9.53 Å². The maximum atomic E-state index is 11.4. The van der Waals surface area contributed by atoms with Crippen LogP contribution in [0.3, 0.4) is 0 Å². The predicted octanol–water partition coefficient (Wildman–Crippen LogP) is 3.08. The molecule has 1 aliphatic carbocycles. The maximum Gasteiger partial charge on any atom is 0.329 e. The van der Waals surface area contributed by atoms with E-state index in [1.54, 1.807) is 7.11 Å². The van der Waals surface area contributed by atoms with E-state index in [1.807, 2.05) is 25.0 Å². The van der Waals surface area contributed by atoms with Crippen molar-refractivity contribution in [2.45, 2.75) is 31.2 Å². The first kappa shape index (κ1) is 16.5. The largest absolute Gasteiger partial charge is 0.496 e. The number of halogens is 1. The molecule has 0 unspecified atom stereocenters. The van der Waals surface area contributed by atoms with Crippen molar-refractivity contribution in [1.29, 1.82) is 0 Å². The van der Waals surface area contributed by atoms with Crippen LogP contribution < -0.4 is 10.1 Å². The van der Waals surface area contributed by atoms with Crippen LogP contribution in [0.5, 0.6) is 5.75 Å². The third-order valence-corrected chi connectivity index (χ3v) is 4.02. The number of carbonyl (C=O) groups is 2. The van der Waals surface area contributed by atoms with E-state index in [9.17, 15) is 9.90 Å². The normalized spacial score (nSPS) is 15.9. The molecule has 1 saturated carbocycles. The van der Waals surface area contributed by atoms with Crippen molar-refractivity contribution in [3.8, 4) is 5.75 Å². The summed E-state index contributed by atoms with van der Waals surface area (Å²) >= 11 is 3.40. The van der Waals surface area contributed by atoms with Crippen LogP contribution in [-0.2, 0) is 9.59 Å². The van der Waals surface area contributed by atoms with Gasteiger partial charge in [0.15, 0.2) is 0 Å². The van der Waals surface area contributed by atoms with Crippen LogP contribution >= 0.6 is 15.9 Å². The van der Waals surface area contributed by atoms with Gasteiger partial charge >= 0.3 is 5.97 Å². The highest BCUT2D eigenvalue weighted by molar-refractivity contribution is 9.10. The van der Waals surface area contributed by atoms with E-state index < -0.39 is 11.5 Å². The lowest BCUT2D eigenvalue weighted by Crippen LogP contribution is -2.43. The molecule has 0 atom stereocenters. The molecule has 5 nitrogen and oxygen atoms in total. The summed E-state index contributed by atoms with van der Waals surface area (Å²) in [6.07, 6.45) is 3.26. The van der Waals surface area contributed by atoms with E-state index in [-0.39, 0.29) is 0 Å². The molecule has 1 aliphatic rings. The zero-order valence-electron chi connectivity index (χ0n) is 11.3. The second-order valence-corrected chi connectivity index (χ2v) is 5.42. The molecular weight excluding hydrogens is 326 g/mol. The van der Waals surface area contributed by atoms with Crippen molar-refractivity contribution in [3.05, 3.63) is 22.7 Å². The van der Waals surface area contributed by atoms with Crippen molar-refractivity contribution < 1.29 is 19.4 Å². The Morgan fingerprint density at radius 1 is 1.40 bits per heavy atom. The van der Waals surface area contributed by atoms with Crippen molar-refractivity contribution >= 4 is 34.4 Å². The van der Waals surface area contributed by atoms with E-state index >= 15 is 0 Å².